The Bertz CT molecular complexity index is 644. The van der Waals surface area contributed by atoms with Crippen molar-refractivity contribution in [3.05, 3.63) is 53.8 Å². The molecule has 1 atom stereocenters. The first kappa shape index (κ1) is 13.7. The second kappa shape index (κ2) is 5.64. The largest absolute Gasteiger partial charge is 0.486 e. The summed E-state index contributed by atoms with van der Waals surface area (Å²) in [5, 5.41) is 0. The summed E-state index contributed by atoms with van der Waals surface area (Å²) in [5.41, 5.74) is 8.64. The number of benzene rings is 2. The van der Waals surface area contributed by atoms with E-state index in [0.29, 0.717) is 12.2 Å². The molecule has 0 aromatic heterocycles. The number of nitrogens with zero attached hydrogens (tertiary/aromatic N) is 1. The number of fused-ring (bicyclic) bond motifs is 1. The highest BCUT2D eigenvalue weighted by Gasteiger charge is 2.26. The molecular formula is C17H19FN2O. The Morgan fingerprint density at radius 1 is 1.29 bits per heavy atom. The molecule has 0 spiro atoms. The monoisotopic (exact) mass is 286 g/mol. The van der Waals surface area contributed by atoms with Crippen molar-refractivity contribution < 1.29 is 9.13 Å². The molecule has 110 valence electrons. The number of nitrogens with two attached hydrogens (primary N) is 1. The van der Waals surface area contributed by atoms with Crippen LogP contribution in [0.2, 0.25) is 0 Å². The molecule has 0 amide bonds. The van der Waals surface area contributed by atoms with Gasteiger partial charge in [0.25, 0.3) is 0 Å². The number of hydrogen-bond donors (Lipinski definition) is 1. The number of rotatable bonds is 3. The molecule has 2 aromatic carbocycles. The van der Waals surface area contributed by atoms with Crippen molar-refractivity contribution >= 4 is 11.4 Å². The van der Waals surface area contributed by atoms with Gasteiger partial charge in [0, 0.05) is 6.54 Å². The van der Waals surface area contributed by atoms with E-state index in [1.807, 2.05) is 24.3 Å². The van der Waals surface area contributed by atoms with Gasteiger partial charge in [0.05, 0.1) is 12.2 Å². The summed E-state index contributed by atoms with van der Waals surface area (Å²) in [6.45, 7) is 3.48. The van der Waals surface area contributed by atoms with E-state index in [-0.39, 0.29) is 11.9 Å². The van der Waals surface area contributed by atoms with Crippen LogP contribution in [0.25, 0.3) is 0 Å². The summed E-state index contributed by atoms with van der Waals surface area (Å²) in [6, 6.07) is 12.4. The average molecular weight is 286 g/mol. The summed E-state index contributed by atoms with van der Waals surface area (Å²) >= 11 is 0. The van der Waals surface area contributed by atoms with Crippen LogP contribution < -0.4 is 15.4 Å². The van der Waals surface area contributed by atoms with Crippen LogP contribution in [-0.2, 0) is 6.54 Å². The predicted octanol–water partition coefficient (Wildman–Crippen LogP) is 3.59. The van der Waals surface area contributed by atoms with E-state index in [9.17, 15) is 4.39 Å². The van der Waals surface area contributed by atoms with Gasteiger partial charge < -0.3 is 15.4 Å². The van der Waals surface area contributed by atoms with E-state index in [2.05, 4.69) is 11.8 Å². The second-order valence-corrected chi connectivity index (χ2v) is 5.35. The highest BCUT2D eigenvalue weighted by atomic mass is 19.1. The highest BCUT2D eigenvalue weighted by Crippen LogP contribution is 2.39. The van der Waals surface area contributed by atoms with E-state index in [4.69, 9.17) is 10.5 Å². The molecule has 1 aliphatic heterocycles. The smallest absolute Gasteiger partial charge is 0.145 e. The minimum absolute atomic E-state index is 0.132. The maximum absolute atomic E-state index is 13.4. The molecule has 2 aromatic rings. The molecule has 0 saturated heterocycles. The van der Waals surface area contributed by atoms with E-state index >= 15 is 0 Å². The summed E-state index contributed by atoms with van der Waals surface area (Å²) in [4.78, 5) is 2.18. The molecule has 3 rings (SSSR count). The normalized spacial score (nSPS) is 17.2. The maximum Gasteiger partial charge on any atom is 0.145 e. The van der Waals surface area contributed by atoms with Gasteiger partial charge in [-0.1, -0.05) is 25.1 Å². The number of anilines is 2. The molecule has 1 unspecified atom stereocenters. The van der Waals surface area contributed by atoms with Crippen LogP contribution in [0.4, 0.5) is 15.8 Å². The van der Waals surface area contributed by atoms with Gasteiger partial charge in [-0.3, -0.25) is 0 Å². The lowest BCUT2D eigenvalue weighted by molar-refractivity contribution is 0.189. The third-order valence-corrected chi connectivity index (χ3v) is 3.78. The molecule has 4 heteroatoms. The Labute approximate surface area is 124 Å². The first-order valence-electron chi connectivity index (χ1n) is 7.22. The predicted molar refractivity (Wildman–Crippen MR) is 83.0 cm³/mol. The van der Waals surface area contributed by atoms with E-state index in [1.54, 1.807) is 12.1 Å². The van der Waals surface area contributed by atoms with Crippen molar-refractivity contribution in [3.63, 3.8) is 0 Å². The second-order valence-electron chi connectivity index (χ2n) is 5.35. The van der Waals surface area contributed by atoms with Crippen LogP contribution in [0.3, 0.4) is 0 Å². The van der Waals surface area contributed by atoms with Gasteiger partial charge in [0.1, 0.15) is 23.4 Å². The van der Waals surface area contributed by atoms with Gasteiger partial charge >= 0.3 is 0 Å². The third-order valence-electron chi connectivity index (χ3n) is 3.78. The Kier molecular flexibility index (Phi) is 3.69. The SMILES string of the molecule is CCC1CN(Cc2cccc(F)c2)c2c(N)cccc2O1. The fourth-order valence-corrected chi connectivity index (χ4v) is 2.74. The molecule has 21 heavy (non-hydrogen) atoms. The van der Waals surface area contributed by atoms with Crippen molar-refractivity contribution in [2.75, 3.05) is 17.2 Å². The Morgan fingerprint density at radius 2 is 2.10 bits per heavy atom. The number of nitrogen functional groups attached to an aromatic ring is 1. The van der Waals surface area contributed by atoms with Crippen LogP contribution in [0.1, 0.15) is 18.9 Å². The number of halogens is 1. The summed E-state index contributed by atoms with van der Waals surface area (Å²) in [7, 11) is 0. The average Bonchev–Trinajstić information content (AvgIpc) is 2.47. The molecule has 1 heterocycles. The molecular weight excluding hydrogens is 267 g/mol. The minimum Gasteiger partial charge on any atom is -0.486 e. The number of para-hydroxylation sites is 1. The maximum atomic E-state index is 13.4. The van der Waals surface area contributed by atoms with Crippen LogP contribution >= 0.6 is 0 Å². The fourth-order valence-electron chi connectivity index (χ4n) is 2.74. The van der Waals surface area contributed by atoms with Crippen molar-refractivity contribution in [3.8, 4) is 5.75 Å². The van der Waals surface area contributed by atoms with E-state index in [1.165, 1.54) is 6.07 Å². The van der Waals surface area contributed by atoms with Crippen LogP contribution in [0.15, 0.2) is 42.5 Å². The molecule has 1 aliphatic rings. The van der Waals surface area contributed by atoms with Gasteiger partial charge in [0.15, 0.2) is 0 Å². The lowest BCUT2D eigenvalue weighted by Gasteiger charge is -2.36. The zero-order valence-electron chi connectivity index (χ0n) is 12.1. The van der Waals surface area contributed by atoms with E-state index in [0.717, 1.165) is 30.0 Å². The molecule has 0 aliphatic carbocycles. The van der Waals surface area contributed by atoms with Crippen molar-refractivity contribution in [2.24, 2.45) is 0 Å². The molecule has 0 fully saturated rings. The zero-order chi connectivity index (χ0) is 14.8. The van der Waals surface area contributed by atoms with Crippen molar-refractivity contribution in [1.29, 1.82) is 0 Å². The molecule has 0 radical (unpaired) electrons. The van der Waals surface area contributed by atoms with E-state index < -0.39 is 0 Å². The van der Waals surface area contributed by atoms with Crippen LogP contribution in [0, 0.1) is 5.82 Å². The Hall–Kier alpha value is -2.23. The minimum atomic E-state index is -0.214. The zero-order valence-corrected chi connectivity index (χ0v) is 12.1. The quantitative estimate of drug-likeness (QED) is 0.876. The van der Waals surface area contributed by atoms with Gasteiger partial charge in [-0.15, -0.1) is 0 Å². The highest BCUT2D eigenvalue weighted by molar-refractivity contribution is 5.75. The first-order chi connectivity index (χ1) is 10.2. The summed E-state index contributed by atoms with van der Waals surface area (Å²) in [5.74, 6) is 0.596. The third kappa shape index (κ3) is 2.79. The molecule has 0 saturated carbocycles. The van der Waals surface area contributed by atoms with Gasteiger partial charge in [-0.2, -0.15) is 0 Å². The van der Waals surface area contributed by atoms with Gasteiger partial charge in [-0.05, 0) is 36.2 Å². The summed E-state index contributed by atoms with van der Waals surface area (Å²) < 4.78 is 19.3. The first-order valence-corrected chi connectivity index (χ1v) is 7.22. The van der Waals surface area contributed by atoms with Crippen molar-refractivity contribution in [2.45, 2.75) is 26.0 Å². The Balaban J connectivity index is 1.94. The molecule has 3 nitrogen and oxygen atoms in total. The fraction of sp³-hybridized carbons (Fsp3) is 0.294. The lowest BCUT2D eigenvalue weighted by atomic mass is 10.1. The topological polar surface area (TPSA) is 38.5 Å². The molecule has 0 bridgehead atoms. The van der Waals surface area contributed by atoms with Crippen LogP contribution in [0.5, 0.6) is 5.75 Å². The standard InChI is InChI=1S/C17H19FN2O/c1-2-14-11-20(10-12-5-3-6-13(18)9-12)17-15(19)7-4-8-16(17)21-14/h3-9,14H,2,10-11,19H2,1H3. The lowest BCUT2D eigenvalue weighted by Crippen LogP contribution is -2.39. The summed E-state index contributed by atoms with van der Waals surface area (Å²) in [6.07, 6.45) is 1.06. The number of hydrogen-bond acceptors (Lipinski definition) is 3. The Morgan fingerprint density at radius 3 is 2.86 bits per heavy atom. The molecule has 2 N–H and O–H groups in total. The van der Waals surface area contributed by atoms with Gasteiger partial charge in [-0.25, -0.2) is 4.39 Å². The van der Waals surface area contributed by atoms with Gasteiger partial charge in [0.2, 0.25) is 0 Å². The number of ether oxygens (including phenoxy) is 1. The van der Waals surface area contributed by atoms with Crippen molar-refractivity contribution in [1.82, 2.24) is 0 Å². The van der Waals surface area contributed by atoms with Crippen LogP contribution in [-0.4, -0.2) is 12.6 Å².